The highest BCUT2D eigenvalue weighted by molar-refractivity contribution is 5.57. The van der Waals surface area contributed by atoms with E-state index in [0.29, 0.717) is 5.95 Å². The zero-order chi connectivity index (χ0) is 10.7. The lowest BCUT2D eigenvalue weighted by Gasteiger charge is -1.98. The number of benzene rings is 1. The Labute approximate surface area is 88.4 Å². The number of hydrogen-bond acceptors (Lipinski definition) is 3. The van der Waals surface area contributed by atoms with E-state index in [9.17, 15) is 0 Å². The molecule has 0 fully saturated rings. The van der Waals surface area contributed by atoms with Crippen LogP contribution in [-0.2, 0) is 6.54 Å². The average Bonchev–Trinajstić information content (AvgIpc) is 2.29. The lowest BCUT2D eigenvalue weighted by molar-refractivity contribution is -0.749. The Morgan fingerprint density at radius 2 is 2.00 bits per heavy atom. The minimum Gasteiger partial charge on any atom is -0.363 e. The number of nitrogens with two attached hydrogens (primary N) is 1. The van der Waals surface area contributed by atoms with Gasteiger partial charge in [0.05, 0.1) is 0 Å². The first kappa shape index (κ1) is 9.58. The van der Waals surface area contributed by atoms with E-state index in [1.807, 2.05) is 43.5 Å². The van der Waals surface area contributed by atoms with Gasteiger partial charge in [-0.05, 0) is 6.92 Å². The normalized spacial score (nSPS) is 10.2. The number of aromatic nitrogens is 3. The first-order valence-corrected chi connectivity index (χ1v) is 4.89. The summed E-state index contributed by atoms with van der Waals surface area (Å²) < 4.78 is 1.78. The van der Waals surface area contributed by atoms with Gasteiger partial charge in [0.15, 0.2) is 6.54 Å². The first-order chi connectivity index (χ1) is 7.29. The molecule has 0 radical (unpaired) electrons. The molecular formula is C11H13N4+. The molecule has 0 saturated carbocycles. The Kier molecular flexibility index (Phi) is 2.58. The van der Waals surface area contributed by atoms with Gasteiger partial charge in [-0.2, -0.15) is 0 Å². The van der Waals surface area contributed by atoms with Gasteiger partial charge >= 0.3 is 0 Å². The largest absolute Gasteiger partial charge is 0.363 e. The van der Waals surface area contributed by atoms with Crippen LogP contribution in [0.1, 0.15) is 6.92 Å². The van der Waals surface area contributed by atoms with Crippen LogP contribution in [0.5, 0.6) is 0 Å². The Bertz CT molecular complexity index is 453. The van der Waals surface area contributed by atoms with E-state index in [1.54, 1.807) is 4.68 Å². The highest BCUT2D eigenvalue weighted by atomic mass is 15.3. The van der Waals surface area contributed by atoms with Crippen molar-refractivity contribution >= 4 is 5.95 Å². The van der Waals surface area contributed by atoms with Gasteiger partial charge in [-0.25, -0.2) is 4.98 Å². The fraction of sp³-hybridized carbons (Fsp3) is 0.182. The van der Waals surface area contributed by atoms with Crippen LogP contribution in [0, 0.1) is 0 Å². The summed E-state index contributed by atoms with van der Waals surface area (Å²) in [5.74, 6) is 0.304. The van der Waals surface area contributed by atoms with Crippen LogP contribution >= 0.6 is 0 Å². The van der Waals surface area contributed by atoms with Gasteiger partial charge < -0.3 is 5.73 Å². The molecule has 2 aromatic rings. The van der Waals surface area contributed by atoms with Gasteiger partial charge in [-0.1, -0.05) is 35.0 Å². The molecule has 76 valence electrons. The van der Waals surface area contributed by atoms with Gasteiger partial charge in [-0.15, -0.1) is 0 Å². The van der Waals surface area contributed by atoms with Crippen molar-refractivity contribution in [3.05, 3.63) is 36.5 Å². The lowest BCUT2D eigenvalue weighted by Crippen LogP contribution is -2.37. The van der Waals surface area contributed by atoms with Gasteiger partial charge in [0.1, 0.15) is 5.69 Å². The van der Waals surface area contributed by atoms with Crippen molar-refractivity contribution in [2.45, 2.75) is 13.5 Å². The SMILES string of the molecule is CC[n+]1cc(-c2ccccc2)nc(N)n1. The molecule has 0 saturated heterocycles. The smallest absolute Gasteiger partial charge is 0.286 e. The average molecular weight is 201 g/mol. The summed E-state index contributed by atoms with van der Waals surface area (Å²) in [6, 6.07) is 9.93. The van der Waals surface area contributed by atoms with Crippen LogP contribution in [0.4, 0.5) is 5.95 Å². The van der Waals surface area contributed by atoms with E-state index in [2.05, 4.69) is 10.1 Å². The summed E-state index contributed by atoms with van der Waals surface area (Å²) in [7, 11) is 0. The molecule has 0 aliphatic carbocycles. The second kappa shape index (κ2) is 4.04. The second-order valence-corrected chi connectivity index (χ2v) is 3.21. The molecule has 0 spiro atoms. The molecule has 4 heteroatoms. The fourth-order valence-corrected chi connectivity index (χ4v) is 1.39. The lowest BCUT2D eigenvalue weighted by atomic mass is 10.2. The zero-order valence-electron chi connectivity index (χ0n) is 8.59. The maximum Gasteiger partial charge on any atom is 0.286 e. The molecule has 0 unspecified atom stereocenters. The zero-order valence-corrected chi connectivity index (χ0v) is 8.59. The number of nitrogens with zero attached hydrogens (tertiary/aromatic N) is 3. The molecule has 4 nitrogen and oxygen atoms in total. The van der Waals surface area contributed by atoms with E-state index >= 15 is 0 Å². The summed E-state index contributed by atoms with van der Waals surface area (Å²) in [4.78, 5) is 4.20. The Morgan fingerprint density at radius 3 is 2.67 bits per heavy atom. The van der Waals surface area contributed by atoms with E-state index < -0.39 is 0 Å². The van der Waals surface area contributed by atoms with Crippen molar-refractivity contribution in [1.29, 1.82) is 0 Å². The summed E-state index contributed by atoms with van der Waals surface area (Å²) in [6.45, 7) is 2.80. The van der Waals surface area contributed by atoms with Crippen LogP contribution in [0.15, 0.2) is 36.5 Å². The van der Waals surface area contributed by atoms with Crippen LogP contribution in [-0.4, -0.2) is 10.1 Å². The van der Waals surface area contributed by atoms with Crippen molar-refractivity contribution in [3.63, 3.8) is 0 Å². The molecular weight excluding hydrogens is 188 g/mol. The molecule has 1 aromatic heterocycles. The monoisotopic (exact) mass is 201 g/mol. The first-order valence-electron chi connectivity index (χ1n) is 4.89. The number of hydrogen-bond donors (Lipinski definition) is 1. The highest BCUT2D eigenvalue weighted by Crippen LogP contribution is 2.14. The van der Waals surface area contributed by atoms with Gasteiger partial charge in [-0.3, -0.25) is 0 Å². The topological polar surface area (TPSA) is 55.7 Å². The predicted octanol–water partition coefficient (Wildman–Crippen LogP) is 1.03. The Hall–Kier alpha value is -1.97. The molecule has 0 bridgehead atoms. The van der Waals surface area contributed by atoms with Gasteiger partial charge in [0.25, 0.3) is 5.95 Å². The van der Waals surface area contributed by atoms with E-state index in [0.717, 1.165) is 17.8 Å². The number of anilines is 1. The van der Waals surface area contributed by atoms with Crippen LogP contribution in [0.3, 0.4) is 0 Å². The predicted molar refractivity (Wildman–Crippen MR) is 57.7 cm³/mol. The van der Waals surface area contributed by atoms with Gasteiger partial charge in [0.2, 0.25) is 6.20 Å². The van der Waals surface area contributed by atoms with E-state index in [4.69, 9.17) is 5.73 Å². The molecule has 0 aliphatic heterocycles. The maximum atomic E-state index is 5.63. The molecule has 0 aliphatic rings. The molecule has 1 heterocycles. The summed E-state index contributed by atoms with van der Waals surface area (Å²) in [5, 5.41) is 4.06. The van der Waals surface area contributed by atoms with Crippen LogP contribution in [0.2, 0.25) is 0 Å². The Balaban J connectivity index is 2.49. The fourth-order valence-electron chi connectivity index (χ4n) is 1.39. The number of aryl methyl sites for hydroxylation is 1. The van der Waals surface area contributed by atoms with E-state index in [1.165, 1.54) is 0 Å². The molecule has 2 N–H and O–H groups in total. The van der Waals surface area contributed by atoms with Crippen molar-refractivity contribution in [3.8, 4) is 11.3 Å². The Morgan fingerprint density at radius 1 is 1.27 bits per heavy atom. The summed E-state index contributed by atoms with van der Waals surface area (Å²) >= 11 is 0. The van der Waals surface area contributed by atoms with E-state index in [-0.39, 0.29) is 0 Å². The van der Waals surface area contributed by atoms with Gasteiger partial charge in [0, 0.05) is 10.7 Å². The van der Waals surface area contributed by atoms with Crippen molar-refractivity contribution in [1.82, 2.24) is 10.1 Å². The third-order valence-electron chi connectivity index (χ3n) is 2.13. The van der Waals surface area contributed by atoms with Crippen molar-refractivity contribution in [2.75, 3.05) is 5.73 Å². The molecule has 1 aromatic carbocycles. The number of rotatable bonds is 2. The maximum absolute atomic E-state index is 5.63. The van der Waals surface area contributed by atoms with Crippen LogP contribution < -0.4 is 10.4 Å². The highest BCUT2D eigenvalue weighted by Gasteiger charge is 2.08. The van der Waals surface area contributed by atoms with Crippen molar-refractivity contribution in [2.24, 2.45) is 0 Å². The summed E-state index contributed by atoms with van der Waals surface area (Å²) in [6.07, 6.45) is 1.89. The summed E-state index contributed by atoms with van der Waals surface area (Å²) in [5.41, 5.74) is 7.53. The minimum absolute atomic E-state index is 0.304. The minimum atomic E-state index is 0.304. The second-order valence-electron chi connectivity index (χ2n) is 3.21. The van der Waals surface area contributed by atoms with Crippen LogP contribution in [0.25, 0.3) is 11.3 Å². The molecule has 15 heavy (non-hydrogen) atoms. The third kappa shape index (κ3) is 2.10. The molecule has 0 amide bonds. The third-order valence-corrected chi connectivity index (χ3v) is 2.13. The molecule has 0 atom stereocenters. The molecule has 2 rings (SSSR count). The number of nitrogen functional groups attached to an aromatic ring is 1. The standard InChI is InChI=1S/C11H13N4/c1-2-15-8-10(13-11(12)14-15)9-6-4-3-5-7-9/h3-8H,2H2,1H3,(H2,12,13,14)/q+1. The quantitative estimate of drug-likeness (QED) is 0.738. The van der Waals surface area contributed by atoms with Crippen molar-refractivity contribution < 1.29 is 4.68 Å².